The topological polar surface area (TPSA) is 12.0 Å². The standard InChI is InChI=1S/C16H17BrFN/c1-10-4-6-14(8-11(10)2)19-12(3)15-9-13(17)5-7-16(15)18/h4-9,12,19H,1-3H3. The third-order valence-electron chi connectivity index (χ3n) is 3.31. The zero-order valence-electron chi connectivity index (χ0n) is 11.3. The van der Waals surface area contributed by atoms with Gasteiger partial charge in [-0.25, -0.2) is 4.39 Å². The van der Waals surface area contributed by atoms with Gasteiger partial charge in [-0.1, -0.05) is 22.0 Å². The summed E-state index contributed by atoms with van der Waals surface area (Å²) in [6, 6.07) is 11.1. The molecule has 0 heterocycles. The highest BCUT2D eigenvalue weighted by Gasteiger charge is 2.11. The SMILES string of the molecule is Cc1ccc(NC(C)c2cc(Br)ccc2F)cc1C. The maximum atomic E-state index is 13.8. The molecule has 19 heavy (non-hydrogen) atoms. The van der Waals surface area contributed by atoms with Gasteiger partial charge in [0.1, 0.15) is 5.82 Å². The molecule has 0 spiro atoms. The lowest BCUT2D eigenvalue weighted by atomic mass is 10.1. The molecule has 3 heteroatoms. The van der Waals surface area contributed by atoms with Crippen LogP contribution in [-0.2, 0) is 0 Å². The molecular formula is C16H17BrFN. The number of hydrogen-bond acceptors (Lipinski definition) is 1. The monoisotopic (exact) mass is 321 g/mol. The predicted molar refractivity (Wildman–Crippen MR) is 82.1 cm³/mol. The first-order valence-electron chi connectivity index (χ1n) is 6.26. The van der Waals surface area contributed by atoms with Crippen molar-refractivity contribution in [1.29, 1.82) is 0 Å². The molecule has 2 aromatic carbocycles. The molecule has 0 aliphatic rings. The average molecular weight is 322 g/mol. The van der Waals surface area contributed by atoms with Gasteiger partial charge in [-0.2, -0.15) is 0 Å². The van der Waals surface area contributed by atoms with Crippen LogP contribution in [0.15, 0.2) is 40.9 Å². The molecule has 0 aromatic heterocycles. The van der Waals surface area contributed by atoms with Crippen LogP contribution in [0.1, 0.15) is 29.7 Å². The normalized spacial score (nSPS) is 12.3. The van der Waals surface area contributed by atoms with Crippen molar-refractivity contribution in [3.05, 3.63) is 63.4 Å². The highest BCUT2D eigenvalue weighted by atomic mass is 79.9. The lowest BCUT2D eigenvalue weighted by Crippen LogP contribution is -2.08. The van der Waals surface area contributed by atoms with Crippen LogP contribution in [0.5, 0.6) is 0 Å². The second-order valence-corrected chi connectivity index (χ2v) is 5.75. The Hall–Kier alpha value is -1.35. The first-order chi connectivity index (χ1) is 8.97. The van der Waals surface area contributed by atoms with Gasteiger partial charge in [-0.15, -0.1) is 0 Å². The molecule has 1 nitrogen and oxygen atoms in total. The molecule has 0 saturated heterocycles. The first kappa shape index (κ1) is 14.1. The molecule has 1 atom stereocenters. The predicted octanol–water partition coefficient (Wildman–Crippen LogP) is 5.38. The highest BCUT2D eigenvalue weighted by Crippen LogP contribution is 2.25. The number of benzene rings is 2. The van der Waals surface area contributed by atoms with Crippen molar-refractivity contribution in [2.75, 3.05) is 5.32 Å². The van der Waals surface area contributed by atoms with Crippen molar-refractivity contribution >= 4 is 21.6 Å². The van der Waals surface area contributed by atoms with Gasteiger partial charge in [0.25, 0.3) is 0 Å². The van der Waals surface area contributed by atoms with E-state index in [1.807, 2.05) is 19.1 Å². The summed E-state index contributed by atoms with van der Waals surface area (Å²) in [6.07, 6.45) is 0. The van der Waals surface area contributed by atoms with Crippen LogP contribution in [0, 0.1) is 19.7 Å². The lowest BCUT2D eigenvalue weighted by molar-refractivity contribution is 0.600. The van der Waals surface area contributed by atoms with Crippen LogP contribution in [0.2, 0.25) is 0 Å². The fraction of sp³-hybridized carbons (Fsp3) is 0.250. The molecule has 2 aromatic rings. The minimum Gasteiger partial charge on any atom is -0.378 e. The summed E-state index contributed by atoms with van der Waals surface area (Å²) in [7, 11) is 0. The van der Waals surface area contributed by atoms with Gasteiger partial charge in [0.05, 0.1) is 6.04 Å². The smallest absolute Gasteiger partial charge is 0.128 e. The van der Waals surface area contributed by atoms with Crippen molar-refractivity contribution in [2.24, 2.45) is 0 Å². The molecule has 0 amide bonds. The Labute approximate surface area is 122 Å². The van der Waals surface area contributed by atoms with E-state index >= 15 is 0 Å². The quantitative estimate of drug-likeness (QED) is 0.800. The molecule has 0 aliphatic carbocycles. The Morgan fingerprint density at radius 2 is 1.79 bits per heavy atom. The van der Waals surface area contributed by atoms with E-state index in [1.165, 1.54) is 17.2 Å². The molecule has 0 saturated carbocycles. The summed E-state index contributed by atoms with van der Waals surface area (Å²) >= 11 is 3.38. The van der Waals surface area contributed by atoms with Crippen molar-refractivity contribution in [3.8, 4) is 0 Å². The fourth-order valence-electron chi connectivity index (χ4n) is 2.01. The van der Waals surface area contributed by atoms with Gasteiger partial charge in [-0.3, -0.25) is 0 Å². The van der Waals surface area contributed by atoms with Crippen molar-refractivity contribution in [1.82, 2.24) is 0 Å². The van der Waals surface area contributed by atoms with Crippen molar-refractivity contribution in [3.63, 3.8) is 0 Å². The van der Waals surface area contributed by atoms with E-state index in [-0.39, 0.29) is 11.9 Å². The summed E-state index contributed by atoms with van der Waals surface area (Å²) in [5.41, 5.74) is 4.15. The minimum absolute atomic E-state index is 0.0837. The molecule has 100 valence electrons. The van der Waals surface area contributed by atoms with Gasteiger partial charge < -0.3 is 5.32 Å². The molecule has 1 unspecified atom stereocenters. The van der Waals surface area contributed by atoms with Crippen LogP contribution >= 0.6 is 15.9 Å². The number of nitrogens with one attached hydrogen (secondary N) is 1. The van der Waals surface area contributed by atoms with E-state index in [4.69, 9.17) is 0 Å². The average Bonchev–Trinajstić information content (AvgIpc) is 2.36. The zero-order chi connectivity index (χ0) is 14.0. The summed E-state index contributed by atoms with van der Waals surface area (Å²) < 4.78 is 14.7. The number of anilines is 1. The van der Waals surface area contributed by atoms with Crippen molar-refractivity contribution in [2.45, 2.75) is 26.8 Å². The van der Waals surface area contributed by atoms with E-state index < -0.39 is 0 Å². The second kappa shape index (κ2) is 5.74. The third kappa shape index (κ3) is 3.35. The van der Waals surface area contributed by atoms with Crippen LogP contribution in [0.4, 0.5) is 10.1 Å². The lowest BCUT2D eigenvalue weighted by Gasteiger charge is -2.17. The maximum absolute atomic E-state index is 13.8. The van der Waals surface area contributed by atoms with Gasteiger partial charge >= 0.3 is 0 Å². The van der Waals surface area contributed by atoms with E-state index in [1.54, 1.807) is 6.07 Å². The van der Waals surface area contributed by atoms with Crippen LogP contribution in [-0.4, -0.2) is 0 Å². The Bertz CT molecular complexity index is 595. The van der Waals surface area contributed by atoms with Gasteiger partial charge in [-0.05, 0) is 62.2 Å². The van der Waals surface area contributed by atoms with Crippen molar-refractivity contribution < 1.29 is 4.39 Å². The molecule has 0 bridgehead atoms. The number of aryl methyl sites for hydroxylation is 2. The number of halogens is 2. The van der Waals surface area contributed by atoms with Gasteiger partial charge in [0.2, 0.25) is 0 Å². The number of rotatable bonds is 3. The van der Waals surface area contributed by atoms with E-state index in [0.717, 1.165) is 10.2 Å². The van der Waals surface area contributed by atoms with Crippen LogP contribution < -0.4 is 5.32 Å². The minimum atomic E-state index is -0.188. The molecule has 0 fully saturated rings. The molecular weight excluding hydrogens is 305 g/mol. The third-order valence-corrected chi connectivity index (χ3v) is 3.81. The Kier molecular flexibility index (Phi) is 4.25. The summed E-state index contributed by atoms with van der Waals surface area (Å²) in [6.45, 7) is 6.11. The maximum Gasteiger partial charge on any atom is 0.128 e. The molecule has 0 radical (unpaired) electrons. The van der Waals surface area contributed by atoms with E-state index in [9.17, 15) is 4.39 Å². The van der Waals surface area contributed by atoms with E-state index in [2.05, 4.69) is 47.2 Å². The van der Waals surface area contributed by atoms with Crippen LogP contribution in [0.25, 0.3) is 0 Å². The fourth-order valence-corrected chi connectivity index (χ4v) is 2.38. The zero-order valence-corrected chi connectivity index (χ0v) is 12.9. The Morgan fingerprint density at radius 3 is 2.47 bits per heavy atom. The molecule has 0 aliphatic heterocycles. The van der Waals surface area contributed by atoms with Gasteiger partial charge in [0, 0.05) is 15.7 Å². The van der Waals surface area contributed by atoms with Crippen LogP contribution in [0.3, 0.4) is 0 Å². The second-order valence-electron chi connectivity index (χ2n) is 4.83. The van der Waals surface area contributed by atoms with E-state index in [0.29, 0.717) is 5.56 Å². The first-order valence-corrected chi connectivity index (χ1v) is 7.05. The Morgan fingerprint density at radius 1 is 1.05 bits per heavy atom. The Balaban J connectivity index is 2.22. The molecule has 1 N–H and O–H groups in total. The van der Waals surface area contributed by atoms with Gasteiger partial charge in [0.15, 0.2) is 0 Å². The highest BCUT2D eigenvalue weighted by molar-refractivity contribution is 9.10. The summed E-state index contributed by atoms with van der Waals surface area (Å²) in [5, 5.41) is 3.33. The number of hydrogen-bond donors (Lipinski definition) is 1. The largest absolute Gasteiger partial charge is 0.378 e. The summed E-state index contributed by atoms with van der Waals surface area (Å²) in [4.78, 5) is 0. The molecule has 2 rings (SSSR count). The summed E-state index contributed by atoms with van der Waals surface area (Å²) in [5.74, 6) is -0.188.